The maximum Gasteiger partial charge on any atom is 0.222 e. The highest BCUT2D eigenvalue weighted by atomic mass is 35.5. The number of rotatable bonds is 7. The van der Waals surface area contributed by atoms with Gasteiger partial charge in [0.05, 0.1) is 12.6 Å². The molecule has 2 N–H and O–H groups in total. The second-order valence-electron chi connectivity index (χ2n) is 5.70. The molecule has 0 saturated heterocycles. The Labute approximate surface area is 136 Å². The molecule has 0 saturated carbocycles. The minimum atomic E-state index is -0.173. The zero-order valence-electron chi connectivity index (χ0n) is 13.1. The summed E-state index contributed by atoms with van der Waals surface area (Å²) < 4.78 is 2.03. The van der Waals surface area contributed by atoms with Gasteiger partial charge in [0.15, 0.2) is 0 Å². The van der Waals surface area contributed by atoms with Gasteiger partial charge in [-0.1, -0.05) is 37.9 Å². The second-order valence-corrected chi connectivity index (χ2v) is 6.14. The summed E-state index contributed by atoms with van der Waals surface area (Å²) in [7, 11) is 0. The van der Waals surface area contributed by atoms with Crippen LogP contribution in [0.2, 0.25) is 5.02 Å². The van der Waals surface area contributed by atoms with Gasteiger partial charge in [-0.3, -0.25) is 4.79 Å². The molecular formula is C17H23ClN2O2. The summed E-state index contributed by atoms with van der Waals surface area (Å²) in [5, 5.41) is 14.1. The molecule has 1 amide bonds. The molecular weight excluding hydrogens is 300 g/mol. The van der Waals surface area contributed by atoms with E-state index < -0.39 is 0 Å². The third-order valence-corrected chi connectivity index (χ3v) is 4.42. The van der Waals surface area contributed by atoms with Gasteiger partial charge in [0.25, 0.3) is 0 Å². The summed E-state index contributed by atoms with van der Waals surface area (Å²) in [5.74, 6) is 0.225. The fourth-order valence-electron chi connectivity index (χ4n) is 2.51. The highest BCUT2D eigenvalue weighted by Crippen LogP contribution is 2.20. The standard InChI is InChI=1S/C17H23ClN2O2/c1-3-12(2)15(11-21)19-17(22)7-9-20-8-6-13-4-5-14(18)10-16(13)20/h4-6,8,10,12,15,21H,3,7,9,11H2,1-2H3,(H,19,22). The Kier molecular flexibility index (Phi) is 5.86. The van der Waals surface area contributed by atoms with Crippen LogP contribution in [0.15, 0.2) is 30.5 Å². The second kappa shape index (κ2) is 7.65. The molecule has 1 aromatic heterocycles. The number of aromatic nitrogens is 1. The molecule has 2 atom stereocenters. The predicted molar refractivity (Wildman–Crippen MR) is 90.0 cm³/mol. The maximum atomic E-state index is 12.1. The average molecular weight is 323 g/mol. The number of fused-ring (bicyclic) bond motifs is 1. The fourth-order valence-corrected chi connectivity index (χ4v) is 2.67. The number of amides is 1. The first-order valence-corrected chi connectivity index (χ1v) is 8.07. The van der Waals surface area contributed by atoms with Crippen molar-refractivity contribution in [3.05, 3.63) is 35.5 Å². The van der Waals surface area contributed by atoms with Gasteiger partial charge >= 0.3 is 0 Å². The van der Waals surface area contributed by atoms with E-state index in [1.807, 2.05) is 42.0 Å². The molecule has 0 aliphatic carbocycles. The molecule has 0 aliphatic heterocycles. The Balaban J connectivity index is 1.96. The Hall–Kier alpha value is -1.52. The normalized spacial score (nSPS) is 14.0. The number of halogens is 1. The van der Waals surface area contributed by atoms with E-state index in [4.69, 9.17) is 11.6 Å². The van der Waals surface area contributed by atoms with E-state index in [1.165, 1.54) is 0 Å². The van der Waals surface area contributed by atoms with Gasteiger partial charge in [-0.15, -0.1) is 0 Å². The summed E-state index contributed by atoms with van der Waals surface area (Å²) in [6, 6.07) is 7.58. The first kappa shape index (κ1) is 16.8. The Morgan fingerprint density at radius 2 is 2.18 bits per heavy atom. The smallest absolute Gasteiger partial charge is 0.222 e. The molecule has 4 nitrogen and oxygen atoms in total. The number of hydrogen-bond donors (Lipinski definition) is 2. The van der Waals surface area contributed by atoms with Crippen LogP contribution in [0.5, 0.6) is 0 Å². The lowest BCUT2D eigenvalue weighted by Crippen LogP contribution is -2.42. The molecule has 22 heavy (non-hydrogen) atoms. The summed E-state index contributed by atoms with van der Waals surface area (Å²) in [6.45, 7) is 4.65. The lowest BCUT2D eigenvalue weighted by atomic mass is 10.00. The highest BCUT2D eigenvalue weighted by molar-refractivity contribution is 6.31. The number of nitrogens with zero attached hydrogens (tertiary/aromatic N) is 1. The minimum Gasteiger partial charge on any atom is -0.394 e. The quantitative estimate of drug-likeness (QED) is 0.822. The fraction of sp³-hybridized carbons (Fsp3) is 0.471. The van der Waals surface area contributed by atoms with Crippen LogP contribution in [-0.4, -0.2) is 28.2 Å². The lowest BCUT2D eigenvalue weighted by molar-refractivity contribution is -0.122. The van der Waals surface area contributed by atoms with E-state index >= 15 is 0 Å². The molecule has 0 spiro atoms. The van der Waals surface area contributed by atoms with Crippen molar-refractivity contribution < 1.29 is 9.90 Å². The van der Waals surface area contributed by atoms with Crippen molar-refractivity contribution >= 4 is 28.4 Å². The number of carbonyl (C=O) groups is 1. The van der Waals surface area contributed by atoms with Crippen LogP contribution in [0.1, 0.15) is 26.7 Å². The van der Waals surface area contributed by atoms with Gasteiger partial charge in [0.2, 0.25) is 5.91 Å². The topological polar surface area (TPSA) is 54.3 Å². The number of nitrogens with one attached hydrogen (secondary N) is 1. The number of hydrogen-bond acceptors (Lipinski definition) is 2. The van der Waals surface area contributed by atoms with Gasteiger partial charge in [0.1, 0.15) is 0 Å². The first-order valence-electron chi connectivity index (χ1n) is 7.69. The molecule has 0 bridgehead atoms. The van der Waals surface area contributed by atoms with Gasteiger partial charge < -0.3 is 15.0 Å². The van der Waals surface area contributed by atoms with Crippen LogP contribution in [0, 0.1) is 5.92 Å². The van der Waals surface area contributed by atoms with Crippen LogP contribution in [0.4, 0.5) is 0 Å². The van der Waals surface area contributed by atoms with E-state index in [2.05, 4.69) is 12.2 Å². The largest absolute Gasteiger partial charge is 0.394 e. The van der Waals surface area contributed by atoms with E-state index in [-0.39, 0.29) is 24.5 Å². The monoisotopic (exact) mass is 322 g/mol. The molecule has 0 radical (unpaired) electrons. The van der Waals surface area contributed by atoms with Crippen molar-refractivity contribution in [2.75, 3.05) is 6.61 Å². The third kappa shape index (κ3) is 4.02. The van der Waals surface area contributed by atoms with E-state index in [0.717, 1.165) is 17.3 Å². The van der Waals surface area contributed by atoms with Crippen molar-refractivity contribution in [1.29, 1.82) is 0 Å². The van der Waals surface area contributed by atoms with Crippen molar-refractivity contribution in [3.63, 3.8) is 0 Å². The average Bonchev–Trinajstić information content (AvgIpc) is 2.92. The predicted octanol–water partition coefficient (Wildman–Crippen LogP) is 3.21. The maximum absolute atomic E-state index is 12.1. The number of carbonyl (C=O) groups excluding carboxylic acids is 1. The number of aliphatic hydroxyl groups is 1. The summed E-state index contributed by atoms with van der Waals surface area (Å²) in [4.78, 5) is 12.1. The molecule has 0 fully saturated rings. The minimum absolute atomic E-state index is 0.0250. The van der Waals surface area contributed by atoms with Gasteiger partial charge in [-0.05, 0) is 29.5 Å². The summed E-state index contributed by atoms with van der Waals surface area (Å²) in [6.07, 6.45) is 3.27. The van der Waals surface area contributed by atoms with Crippen molar-refractivity contribution in [2.24, 2.45) is 5.92 Å². The van der Waals surface area contributed by atoms with Crippen molar-refractivity contribution in [1.82, 2.24) is 9.88 Å². The highest BCUT2D eigenvalue weighted by Gasteiger charge is 2.17. The number of benzene rings is 1. The van der Waals surface area contributed by atoms with Crippen LogP contribution in [-0.2, 0) is 11.3 Å². The van der Waals surface area contributed by atoms with E-state index in [9.17, 15) is 9.90 Å². The van der Waals surface area contributed by atoms with Gasteiger partial charge in [-0.25, -0.2) is 0 Å². The Bertz CT molecular complexity index is 639. The zero-order valence-corrected chi connectivity index (χ0v) is 13.8. The lowest BCUT2D eigenvalue weighted by Gasteiger charge is -2.22. The molecule has 1 aromatic carbocycles. The summed E-state index contributed by atoms with van der Waals surface area (Å²) >= 11 is 6.03. The molecule has 2 unspecified atom stereocenters. The Morgan fingerprint density at radius 3 is 2.86 bits per heavy atom. The van der Waals surface area contributed by atoms with Crippen molar-refractivity contribution in [3.8, 4) is 0 Å². The molecule has 2 aromatic rings. The molecule has 0 aliphatic rings. The van der Waals surface area contributed by atoms with E-state index in [1.54, 1.807) is 0 Å². The molecule has 5 heteroatoms. The number of aliphatic hydroxyl groups excluding tert-OH is 1. The van der Waals surface area contributed by atoms with E-state index in [0.29, 0.717) is 18.0 Å². The van der Waals surface area contributed by atoms with Crippen LogP contribution in [0.3, 0.4) is 0 Å². The van der Waals surface area contributed by atoms with Crippen LogP contribution >= 0.6 is 11.6 Å². The van der Waals surface area contributed by atoms with Crippen LogP contribution < -0.4 is 5.32 Å². The zero-order chi connectivity index (χ0) is 16.1. The van der Waals surface area contributed by atoms with Gasteiger partial charge in [-0.2, -0.15) is 0 Å². The van der Waals surface area contributed by atoms with Gasteiger partial charge in [0, 0.05) is 29.7 Å². The Morgan fingerprint density at radius 1 is 1.41 bits per heavy atom. The van der Waals surface area contributed by atoms with Crippen molar-refractivity contribution in [2.45, 2.75) is 39.3 Å². The third-order valence-electron chi connectivity index (χ3n) is 4.19. The first-order chi connectivity index (χ1) is 10.5. The van der Waals surface area contributed by atoms with Crippen LogP contribution in [0.25, 0.3) is 10.9 Å². The molecule has 2 rings (SSSR count). The molecule has 1 heterocycles. The molecule has 120 valence electrons. The number of aryl methyl sites for hydroxylation is 1. The SMILES string of the molecule is CCC(C)C(CO)NC(=O)CCn1ccc2ccc(Cl)cc21. The summed E-state index contributed by atoms with van der Waals surface area (Å²) in [5.41, 5.74) is 1.03.